The molecule has 0 aliphatic rings. The highest BCUT2D eigenvalue weighted by Crippen LogP contribution is 2.20. The molecule has 0 radical (unpaired) electrons. The summed E-state index contributed by atoms with van der Waals surface area (Å²) in [6.45, 7) is 4.08. The van der Waals surface area contributed by atoms with Gasteiger partial charge in [0.25, 0.3) is 0 Å². The molecule has 0 aromatic heterocycles. The molecule has 4 N–H and O–H groups in total. The first-order valence-corrected chi connectivity index (χ1v) is 4.53. The summed E-state index contributed by atoms with van der Waals surface area (Å²) < 4.78 is 0. The van der Waals surface area contributed by atoms with Crippen LogP contribution in [0.15, 0.2) is 10.6 Å². The second kappa shape index (κ2) is 5.45. The molecule has 0 saturated carbocycles. The van der Waals surface area contributed by atoms with E-state index in [1.807, 2.05) is 6.92 Å². The molecule has 0 bridgehead atoms. The van der Waals surface area contributed by atoms with Gasteiger partial charge in [-0.05, 0) is 19.4 Å². The highest BCUT2D eigenvalue weighted by molar-refractivity contribution is 7.84. The summed E-state index contributed by atoms with van der Waals surface area (Å²) in [5.41, 5.74) is 6.05. The van der Waals surface area contributed by atoms with Gasteiger partial charge in [0.05, 0.1) is 5.70 Å². The molecule has 0 heterocycles. The lowest BCUT2D eigenvalue weighted by atomic mass is 10.1. The van der Waals surface area contributed by atoms with Gasteiger partial charge in [0.1, 0.15) is 6.23 Å². The van der Waals surface area contributed by atoms with Gasteiger partial charge < -0.3 is 10.8 Å². The van der Waals surface area contributed by atoms with Crippen LogP contribution in [0.25, 0.3) is 0 Å². The van der Waals surface area contributed by atoms with E-state index in [0.29, 0.717) is 11.6 Å². The van der Waals surface area contributed by atoms with E-state index in [0.717, 1.165) is 11.3 Å². The number of likely N-dealkylation sites (N-methyl/N-ethyl adjacent to an activating group) is 1. The largest absolute Gasteiger partial charge is 0.398 e. The zero-order chi connectivity index (χ0) is 9.72. The summed E-state index contributed by atoms with van der Waals surface area (Å²) in [6.07, 6.45) is 0.183. The Morgan fingerprint density at radius 1 is 1.67 bits per heavy atom. The first kappa shape index (κ1) is 11.8. The fourth-order valence-corrected chi connectivity index (χ4v) is 1.08. The summed E-state index contributed by atoms with van der Waals surface area (Å²) in [5.74, 6) is 0.302. The molecule has 0 amide bonds. The third kappa shape index (κ3) is 3.05. The van der Waals surface area contributed by atoms with Gasteiger partial charge in [0, 0.05) is 4.91 Å². The summed E-state index contributed by atoms with van der Waals surface area (Å²) in [4.78, 5) is 0.763. The van der Waals surface area contributed by atoms with Crippen molar-refractivity contribution in [1.82, 2.24) is 5.32 Å². The topological polar surface area (TPSA) is 58.3 Å². The predicted molar refractivity (Wildman–Crippen MR) is 54.7 cm³/mol. The second-order valence-electron chi connectivity index (χ2n) is 2.84. The van der Waals surface area contributed by atoms with Crippen molar-refractivity contribution in [2.24, 2.45) is 11.7 Å². The summed E-state index contributed by atoms with van der Waals surface area (Å²) >= 11 is 4.25. The van der Waals surface area contributed by atoms with Crippen molar-refractivity contribution in [1.29, 1.82) is 0 Å². The first-order valence-electron chi connectivity index (χ1n) is 4.08. The maximum Gasteiger partial charge on any atom is 0.145 e. The number of thiol groups is 1. The van der Waals surface area contributed by atoms with Gasteiger partial charge in [-0.2, -0.15) is 0 Å². The number of nitrogens with one attached hydrogen (secondary N) is 1. The Bertz CT molecular complexity index is 152. The van der Waals surface area contributed by atoms with Crippen LogP contribution in [0.1, 0.15) is 20.3 Å². The predicted octanol–water partition coefficient (Wildman–Crippen LogP) is 0.670. The lowest BCUT2D eigenvalue weighted by Crippen LogP contribution is -2.32. The zero-order valence-electron chi connectivity index (χ0n) is 7.83. The quantitative estimate of drug-likeness (QED) is 0.389. The van der Waals surface area contributed by atoms with Gasteiger partial charge >= 0.3 is 0 Å². The molecule has 0 aromatic carbocycles. The average Bonchev–Trinajstić information content (AvgIpc) is 2.12. The van der Waals surface area contributed by atoms with Crippen LogP contribution in [0, 0.1) is 5.92 Å². The fourth-order valence-electron chi connectivity index (χ4n) is 0.773. The maximum atomic E-state index is 9.30. The van der Waals surface area contributed by atoms with E-state index in [2.05, 4.69) is 24.9 Å². The Kier molecular flexibility index (Phi) is 5.37. The number of rotatable bonds is 4. The number of hydrogen-bond donors (Lipinski definition) is 4. The van der Waals surface area contributed by atoms with Crippen molar-refractivity contribution in [2.75, 3.05) is 7.05 Å². The van der Waals surface area contributed by atoms with E-state index in [9.17, 15) is 5.11 Å². The van der Waals surface area contributed by atoms with E-state index >= 15 is 0 Å². The van der Waals surface area contributed by atoms with Crippen LogP contribution in [0.4, 0.5) is 0 Å². The maximum absolute atomic E-state index is 9.30. The molecule has 2 atom stereocenters. The minimum Gasteiger partial charge on any atom is -0.398 e. The van der Waals surface area contributed by atoms with Crippen LogP contribution < -0.4 is 11.1 Å². The lowest BCUT2D eigenvalue weighted by molar-refractivity contribution is 0.180. The van der Waals surface area contributed by atoms with Gasteiger partial charge in [-0.25, -0.2) is 0 Å². The van der Waals surface area contributed by atoms with Crippen LogP contribution in [0.5, 0.6) is 0 Å². The minimum atomic E-state index is -0.786. The van der Waals surface area contributed by atoms with Crippen LogP contribution in [0.2, 0.25) is 0 Å². The third-order valence-electron chi connectivity index (χ3n) is 1.94. The number of aliphatic hydroxyl groups excluding tert-OH is 1. The van der Waals surface area contributed by atoms with Crippen LogP contribution in [0.3, 0.4) is 0 Å². The van der Waals surface area contributed by atoms with Crippen LogP contribution in [-0.4, -0.2) is 18.4 Å². The van der Waals surface area contributed by atoms with Crippen molar-refractivity contribution >= 4 is 12.6 Å². The smallest absolute Gasteiger partial charge is 0.145 e. The van der Waals surface area contributed by atoms with Gasteiger partial charge in [-0.3, -0.25) is 5.32 Å². The Hall–Kier alpha value is -0.190. The van der Waals surface area contributed by atoms with Crippen molar-refractivity contribution in [3.05, 3.63) is 10.6 Å². The number of hydrogen-bond acceptors (Lipinski definition) is 4. The standard InChI is InChI=1S/C8H18N2OS/c1-4-5(2)7(12)6(9)8(11)10-3/h5,8,10-12H,4,9H2,1-3H3/b7-6+. The summed E-state index contributed by atoms with van der Waals surface area (Å²) in [5, 5.41) is 11.9. The Morgan fingerprint density at radius 3 is 2.50 bits per heavy atom. The average molecular weight is 190 g/mol. The van der Waals surface area contributed by atoms with E-state index in [1.54, 1.807) is 7.05 Å². The molecule has 12 heavy (non-hydrogen) atoms. The zero-order valence-corrected chi connectivity index (χ0v) is 8.73. The molecular formula is C8H18N2OS. The molecule has 0 fully saturated rings. The second-order valence-corrected chi connectivity index (χ2v) is 3.32. The molecule has 0 saturated heterocycles. The SMILES string of the molecule is CCC(C)/C(S)=C(\N)C(O)NC. The lowest BCUT2D eigenvalue weighted by Gasteiger charge is -2.16. The normalized spacial score (nSPS) is 18.4. The minimum absolute atomic E-state index is 0.302. The Morgan fingerprint density at radius 2 is 2.17 bits per heavy atom. The molecule has 4 heteroatoms. The number of nitrogens with two attached hydrogens (primary N) is 1. The molecule has 0 aliphatic carbocycles. The van der Waals surface area contributed by atoms with Gasteiger partial charge in [0.15, 0.2) is 0 Å². The monoisotopic (exact) mass is 190 g/mol. The van der Waals surface area contributed by atoms with Crippen LogP contribution >= 0.6 is 12.6 Å². The Balaban J connectivity index is 4.44. The van der Waals surface area contributed by atoms with Crippen LogP contribution in [-0.2, 0) is 0 Å². The van der Waals surface area contributed by atoms with Crippen molar-refractivity contribution in [2.45, 2.75) is 26.5 Å². The molecule has 2 unspecified atom stereocenters. The highest BCUT2D eigenvalue weighted by atomic mass is 32.1. The van der Waals surface area contributed by atoms with Crippen molar-refractivity contribution in [3.63, 3.8) is 0 Å². The fraction of sp³-hybridized carbons (Fsp3) is 0.750. The molecule has 0 aromatic rings. The molecule has 0 spiro atoms. The Labute approximate surface area is 79.4 Å². The molecule has 0 aliphatic heterocycles. The highest BCUT2D eigenvalue weighted by Gasteiger charge is 2.12. The summed E-state index contributed by atoms with van der Waals surface area (Å²) in [7, 11) is 1.65. The van der Waals surface area contributed by atoms with E-state index < -0.39 is 6.23 Å². The van der Waals surface area contributed by atoms with E-state index in [-0.39, 0.29) is 0 Å². The summed E-state index contributed by atoms with van der Waals surface area (Å²) in [6, 6.07) is 0. The van der Waals surface area contributed by atoms with E-state index in [1.165, 1.54) is 0 Å². The molecule has 72 valence electrons. The molecular weight excluding hydrogens is 172 g/mol. The molecule has 0 rings (SSSR count). The van der Waals surface area contributed by atoms with Crippen molar-refractivity contribution in [3.8, 4) is 0 Å². The first-order chi connectivity index (χ1) is 5.54. The van der Waals surface area contributed by atoms with Gasteiger partial charge in [-0.15, -0.1) is 12.6 Å². The number of allylic oxidation sites excluding steroid dienone is 1. The third-order valence-corrected chi connectivity index (χ3v) is 2.64. The van der Waals surface area contributed by atoms with E-state index in [4.69, 9.17) is 5.73 Å². The van der Waals surface area contributed by atoms with Gasteiger partial charge in [-0.1, -0.05) is 13.8 Å². The van der Waals surface area contributed by atoms with Gasteiger partial charge in [0.2, 0.25) is 0 Å². The van der Waals surface area contributed by atoms with Crippen molar-refractivity contribution < 1.29 is 5.11 Å². The number of aliphatic hydroxyl groups is 1. The molecule has 3 nitrogen and oxygen atoms in total.